The second-order valence-electron chi connectivity index (χ2n) is 10.2. The van der Waals surface area contributed by atoms with Crippen LogP contribution < -0.4 is 4.57 Å². The average molecular weight is 435 g/mol. The maximum atomic E-state index is 2.47. The lowest BCUT2D eigenvalue weighted by Crippen LogP contribution is -2.31. The average Bonchev–Trinajstić information content (AvgIpc) is 2.85. The number of aryl methyl sites for hydroxylation is 1. The zero-order valence-corrected chi connectivity index (χ0v) is 20.6. The Morgan fingerprint density at radius 3 is 2.30 bits per heavy atom. The van der Waals surface area contributed by atoms with E-state index >= 15 is 0 Å². The summed E-state index contributed by atoms with van der Waals surface area (Å²) >= 11 is 0. The van der Waals surface area contributed by atoms with Gasteiger partial charge in [0.15, 0.2) is 6.20 Å². The monoisotopic (exact) mass is 434 g/mol. The number of nitrogens with zero attached hydrogens (tertiary/aromatic N) is 1. The fourth-order valence-electron chi connectivity index (χ4n) is 5.80. The van der Waals surface area contributed by atoms with E-state index in [1.54, 1.807) is 0 Å². The van der Waals surface area contributed by atoms with Crippen molar-refractivity contribution >= 4 is 10.8 Å². The van der Waals surface area contributed by atoms with Crippen LogP contribution in [0.1, 0.15) is 74.5 Å². The smallest absolute Gasteiger partial charge is 0.200 e. The number of rotatable bonds is 4. The van der Waals surface area contributed by atoms with Gasteiger partial charge >= 0.3 is 0 Å². The summed E-state index contributed by atoms with van der Waals surface area (Å²) in [6.45, 7) is 6.91. The van der Waals surface area contributed by atoms with Gasteiger partial charge in [0.1, 0.15) is 7.05 Å². The van der Waals surface area contributed by atoms with Crippen LogP contribution in [0.15, 0.2) is 72.9 Å². The van der Waals surface area contributed by atoms with Crippen LogP contribution in [0.3, 0.4) is 0 Å². The van der Waals surface area contributed by atoms with Crippen molar-refractivity contribution in [3.8, 4) is 22.4 Å². The molecule has 1 aliphatic carbocycles. The minimum absolute atomic E-state index is 0.477. The van der Waals surface area contributed by atoms with Crippen molar-refractivity contribution in [2.45, 2.75) is 64.7 Å². The van der Waals surface area contributed by atoms with Crippen LogP contribution >= 0.6 is 0 Å². The first-order chi connectivity index (χ1) is 16.0. The lowest BCUT2D eigenvalue weighted by molar-refractivity contribution is -0.659. The molecule has 1 aromatic heterocycles. The lowest BCUT2D eigenvalue weighted by atomic mass is 9.83. The molecule has 0 atom stereocenters. The third-order valence-corrected chi connectivity index (χ3v) is 7.67. The maximum Gasteiger partial charge on any atom is 0.220 e. The Bertz CT molecular complexity index is 1280. The molecule has 0 aliphatic heterocycles. The van der Waals surface area contributed by atoms with Crippen LogP contribution in [-0.2, 0) is 7.05 Å². The minimum atomic E-state index is 0.477. The third kappa shape index (κ3) is 4.22. The van der Waals surface area contributed by atoms with E-state index in [9.17, 15) is 0 Å². The van der Waals surface area contributed by atoms with E-state index < -0.39 is 0 Å². The quantitative estimate of drug-likeness (QED) is 0.284. The molecule has 1 heteroatoms. The normalized spacial score (nSPS) is 14.8. The van der Waals surface area contributed by atoms with E-state index in [1.165, 1.54) is 82.0 Å². The molecule has 168 valence electrons. The molecule has 33 heavy (non-hydrogen) atoms. The fraction of sp³-hybridized carbons (Fsp3) is 0.344. The highest BCUT2D eigenvalue weighted by Crippen LogP contribution is 2.38. The Hall–Kier alpha value is -2.93. The summed E-state index contributed by atoms with van der Waals surface area (Å²) in [6.07, 6.45) is 9.08. The molecule has 1 fully saturated rings. The second kappa shape index (κ2) is 9.14. The molecule has 1 nitrogen and oxygen atoms in total. The molecule has 0 saturated heterocycles. The summed E-state index contributed by atoms with van der Waals surface area (Å²) in [7, 11) is 2.19. The molecule has 0 N–H and O–H groups in total. The predicted molar refractivity (Wildman–Crippen MR) is 141 cm³/mol. The minimum Gasteiger partial charge on any atom is -0.200 e. The first-order valence-electron chi connectivity index (χ1n) is 12.7. The Morgan fingerprint density at radius 2 is 1.58 bits per heavy atom. The molecular formula is C32H36N+. The van der Waals surface area contributed by atoms with Gasteiger partial charge in [-0.05, 0) is 76.9 Å². The molecule has 5 rings (SSSR count). The molecule has 1 saturated carbocycles. The topological polar surface area (TPSA) is 3.88 Å². The standard InChI is InChI=1S/C32H36N/c1-22(2)30-20-28(25-13-9-6-10-14-25)21-31(23(30)3)32-29-16-15-26(24-11-7-5-8-12-24)19-27(29)17-18-33(32)4/h6,9-10,13-22,24H,5,7-8,11-12H2,1-4H3/q+1. The van der Waals surface area contributed by atoms with Crippen molar-refractivity contribution < 1.29 is 4.57 Å². The lowest BCUT2D eigenvalue weighted by Gasteiger charge is -2.22. The Morgan fingerprint density at radius 1 is 0.818 bits per heavy atom. The molecule has 0 bridgehead atoms. The molecule has 0 radical (unpaired) electrons. The van der Waals surface area contributed by atoms with Crippen LogP contribution in [0.5, 0.6) is 0 Å². The van der Waals surface area contributed by atoms with Crippen LogP contribution in [-0.4, -0.2) is 0 Å². The number of benzene rings is 3. The zero-order chi connectivity index (χ0) is 22.9. The molecule has 3 aromatic carbocycles. The number of hydrogen-bond donors (Lipinski definition) is 0. The fourth-order valence-corrected chi connectivity index (χ4v) is 5.80. The van der Waals surface area contributed by atoms with Gasteiger partial charge in [-0.1, -0.05) is 81.6 Å². The van der Waals surface area contributed by atoms with Crippen LogP contribution in [0, 0.1) is 6.92 Å². The van der Waals surface area contributed by atoms with Gasteiger partial charge in [0.2, 0.25) is 5.69 Å². The van der Waals surface area contributed by atoms with Gasteiger partial charge in [0.25, 0.3) is 0 Å². The van der Waals surface area contributed by atoms with Crippen LogP contribution in [0.2, 0.25) is 0 Å². The van der Waals surface area contributed by atoms with E-state index in [2.05, 4.69) is 105 Å². The Labute approximate surface area is 199 Å². The van der Waals surface area contributed by atoms with E-state index in [0.717, 1.165) is 5.92 Å². The van der Waals surface area contributed by atoms with Crippen molar-refractivity contribution in [2.24, 2.45) is 7.05 Å². The van der Waals surface area contributed by atoms with Crippen molar-refractivity contribution in [3.05, 3.63) is 89.6 Å². The highest BCUT2D eigenvalue weighted by atomic mass is 14.9. The van der Waals surface area contributed by atoms with Gasteiger partial charge in [-0.25, -0.2) is 4.57 Å². The van der Waals surface area contributed by atoms with Gasteiger partial charge in [-0.15, -0.1) is 0 Å². The van der Waals surface area contributed by atoms with E-state index in [1.807, 2.05) is 0 Å². The number of aromatic nitrogens is 1. The molecule has 0 amide bonds. The maximum absolute atomic E-state index is 2.47. The zero-order valence-electron chi connectivity index (χ0n) is 20.6. The molecule has 1 aliphatic rings. The van der Waals surface area contributed by atoms with E-state index in [0.29, 0.717) is 5.92 Å². The van der Waals surface area contributed by atoms with Gasteiger partial charge in [-0.3, -0.25) is 0 Å². The summed E-state index contributed by atoms with van der Waals surface area (Å²) in [5.74, 6) is 1.21. The summed E-state index contributed by atoms with van der Waals surface area (Å²) < 4.78 is 2.31. The highest BCUT2D eigenvalue weighted by molar-refractivity contribution is 5.95. The van der Waals surface area contributed by atoms with Crippen molar-refractivity contribution in [2.75, 3.05) is 0 Å². The van der Waals surface area contributed by atoms with Gasteiger partial charge < -0.3 is 0 Å². The van der Waals surface area contributed by atoms with E-state index in [4.69, 9.17) is 0 Å². The van der Waals surface area contributed by atoms with Crippen molar-refractivity contribution in [3.63, 3.8) is 0 Å². The summed E-state index contributed by atoms with van der Waals surface area (Å²) in [5.41, 5.74) is 9.60. The highest BCUT2D eigenvalue weighted by Gasteiger charge is 2.22. The van der Waals surface area contributed by atoms with Gasteiger partial charge in [0, 0.05) is 6.07 Å². The predicted octanol–water partition coefficient (Wildman–Crippen LogP) is 8.48. The first-order valence-corrected chi connectivity index (χ1v) is 12.7. The molecular weight excluding hydrogens is 398 g/mol. The van der Waals surface area contributed by atoms with Gasteiger partial charge in [0.05, 0.1) is 10.9 Å². The number of pyridine rings is 1. The summed E-state index contributed by atoms with van der Waals surface area (Å²) in [6, 6.07) is 25.2. The third-order valence-electron chi connectivity index (χ3n) is 7.67. The largest absolute Gasteiger partial charge is 0.220 e. The van der Waals surface area contributed by atoms with Crippen molar-refractivity contribution in [1.29, 1.82) is 0 Å². The SMILES string of the molecule is Cc1c(-c2c3ccc(C4CCCCC4)cc3cc[n+]2C)cc(-c2ccccc2)cc1C(C)C. The van der Waals surface area contributed by atoms with Crippen LogP contribution in [0.25, 0.3) is 33.2 Å². The molecule has 0 unspecified atom stereocenters. The molecule has 1 heterocycles. The Balaban J connectivity index is 1.71. The summed E-state index contributed by atoms with van der Waals surface area (Å²) in [4.78, 5) is 0. The summed E-state index contributed by atoms with van der Waals surface area (Å²) in [5, 5.41) is 2.71. The van der Waals surface area contributed by atoms with Gasteiger partial charge in [-0.2, -0.15) is 0 Å². The van der Waals surface area contributed by atoms with E-state index in [-0.39, 0.29) is 0 Å². The van der Waals surface area contributed by atoms with Crippen LogP contribution in [0.4, 0.5) is 0 Å². The molecule has 4 aromatic rings. The number of hydrogen-bond acceptors (Lipinski definition) is 0. The van der Waals surface area contributed by atoms with Crippen molar-refractivity contribution in [1.82, 2.24) is 0 Å². The number of fused-ring (bicyclic) bond motifs is 1. The first kappa shape index (κ1) is 21.9. The Kier molecular flexibility index (Phi) is 6.06. The molecule has 0 spiro atoms. The second-order valence-corrected chi connectivity index (χ2v) is 10.2.